The molecule has 0 unspecified atom stereocenters. The number of hydrogen-bond donors (Lipinski definition) is 0. The van der Waals surface area contributed by atoms with E-state index in [-0.39, 0.29) is 6.10 Å². The zero-order valence-corrected chi connectivity index (χ0v) is 15.9. The average molecular weight is 364 g/mol. The number of ether oxygens (including phenoxy) is 3. The molecule has 2 aromatic carbocycles. The van der Waals surface area contributed by atoms with Gasteiger partial charge in [0.15, 0.2) is 0 Å². The van der Waals surface area contributed by atoms with Crippen LogP contribution in [0, 0.1) is 0 Å². The van der Waals surface area contributed by atoms with Gasteiger partial charge in [-0.1, -0.05) is 30.3 Å². The van der Waals surface area contributed by atoms with Gasteiger partial charge in [-0.05, 0) is 30.7 Å². The van der Waals surface area contributed by atoms with E-state index in [1.54, 1.807) is 14.2 Å². The van der Waals surface area contributed by atoms with Crippen LogP contribution in [0.4, 0.5) is 0 Å². The molecule has 2 heterocycles. The normalized spacial score (nSPS) is 17.1. The van der Waals surface area contributed by atoms with E-state index >= 15 is 0 Å². The van der Waals surface area contributed by atoms with Crippen molar-refractivity contribution in [3.63, 3.8) is 0 Å². The molecule has 27 heavy (non-hydrogen) atoms. The minimum absolute atomic E-state index is 0.0523. The van der Waals surface area contributed by atoms with Crippen LogP contribution in [0.5, 0.6) is 17.4 Å². The highest BCUT2D eigenvalue weighted by Crippen LogP contribution is 2.36. The van der Waals surface area contributed by atoms with Crippen LogP contribution in [-0.2, 0) is 13.1 Å². The van der Waals surface area contributed by atoms with Crippen molar-refractivity contribution in [3.05, 3.63) is 59.7 Å². The summed E-state index contributed by atoms with van der Waals surface area (Å²) in [5.41, 5.74) is 3.12. The molecule has 0 fully saturated rings. The van der Waals surface area contributed by atoms with E-state index in [4.69, 9.17) is 19.2 Å². The summed E-state index contributed by atoms with van der Waals surface area (Å²) in [7, 11) is 3.33. The van der Waals surface area contributed by atoms with Crippen LogP contribution < -0.4 is 14.2 Å². The Bertz CT molecular complexity index is 943. The third-order valence-electron chi connectivity index (χ3n) is 4.86. The molecule has 1 aliphatic rings. The van der Waals surface area contributed by atoms with Crippen molar-refractivity contribution in [2.24, 2.45) is 0 Å². The summed E-state index contributed by atoms with van der Waals surface area (Å²) in [6.07, 6.45) is 0.0523. The van der Waals surface area contributed by atoms with Gasteiger partial charge in [-0.25, -0.2) is 4.98 Å². The predicted molar refractivity (Wildman–Crippen MR) is 105 cm³/mol. The van der Waals surface area contributed by atoms with Gasteiger partial charge in [-0.3, -0.25) is 4.90 Å². The third-order valence-corrected chi connectivity index (χ3v) is 4.86. The Balaban J connectivity index is 1.75. The molecule has 0 bridgehead atoms. The van der Waals surface area contributed by atoms with Crippen molar-refractivity contribution in [1.29, 1.82) is 0 Å². The zero-order chi connectivity index (χ0) is 18.8. The number of fused-ring (bicyclic) bond motifs is 2. The molecule has 0 saturated carbocycles. The number of benzene rings is 2. The third kappa shape index (κ3) is 3.55. The fourth-order valence-electron chi connectivity index (χ4n) is 3.65. The monoisotopic (exact) mass is 364 g/mol. The van der Waals surface area contributed by atoms with Gasteiger partial charge in [0.05, 0.1) is 14.2 Å². The summed E-state index contributed by atoms with van der Waals surface area (Å²) >= 11 is 0. The van der Waals surface area contributed by atoms with E-state index in [2.05, 4.69) is 42.2 Å². The molecule has 0 saturated heterocycles. The second-order valence-corrected chi connectivity index (χ2v) is 6.90. The highest BCUT2D eigenvalue weighted by molar-refractivity contribution is 5.91. The molecule has 0 amide bonds. The number of nitrogens with zero attached hydrogens (tertiary/aromatic N) is 2. The van der Waals surface area contributed by atoms with Crippen LogP contribution in [0.3, 0.4) is 0 Å². The van der Waals surface area contributed by atoms with Crippen LogP contribution in [0.25, 0.3) is 10.9 Å². The quantitative estimate of drug-likeness (QED) is 0.699. The first-order valence-corrected chi connectivity index (χ1v) is 9.15. The van der Waals surface area contributed by atoms with Gasteiger partial charge in [0.2, 0.25) is 5.88 Å². The molecular formula is C22H24N2O3. The fourth-order valence-corrected chi connectivity index (χ4v) is 3.65. The summed E-state index contributed by atoms with van der Waals surface area (Å²) in [5, 5.41) is 0.938. The molecule has 0 radical (unpaired) electrons. The van der Waals surface area contributed by atoms with Crippen molar-refractivity contribution >= 4 is 10.9 Å². The first kappa shape index (κ1) is 17.6. The van der Waals surface area contributed by atoms with Crippen LogP contribution in [0.15, 0.2) is 48.5 Å². The summed E-state index contributed by atoms with van der Waals surface area (Å²) in [6, 6.07) is 16.4. The molecule has 0 N–H and O–H groups in total. The Morgan fingerprint density at radius 3 is 2.56 bits per heavy atom. The van der Waals surface area contributed by atoms with E-state index in [9.17, 15) is 0 Å². The molecule has 1 aliphatic heterocycles. The van der Waals surface area contributed by atoms with Gasteiger partial charge in [0.1, 0.15) is 23.1 Å². The zero-order valence-electron chi connectivity index (χ0n) is 15.9. The lowest BCUT2D eigenvalue weighted by Gasteiger charge is -2.21. The second-order valence-electron chi connectivity index (χ2n) is 6.90. The lowest BCUT2D eigenvalue weighted by atomic mass is 10.1. The molecule has 0 spiro atoms. The van der Waals surface area contributed by atoms with Crippen molar-refractivity contribution in [2.75, 3.05) is 20.8 Å². The molecule has 140 valence electrons. The van der Waals surface area contributed by atoms with E-state index in [1.165, 1.54) is 5.56 Å². The minimum Gasteiger partial charge on any atom is -0.496 e. The van der Waals surface area contributed by atoms with Crippen molar-refractivity contribution in [2.45, 2.75) is 26.1 Å². The van der Waals surface area contributed by atoms with Gasteiger partial charge in [0.25, 0.3) is 0 Å². The van der Waals surface area contributed by atoms with E-state index in [1.807, 2.05) is 18.2 Å². The second kappa shape index (κ2) is 7.45. The maximum atomic E-state index is 6.16. The Labute approximate surface area is 159 Å². The van der Waals surface area contributed by atoms with Crippen LogP contribution in [-0.4, -0.2) is 36.8 Å². The summed E-state index contributed by atoms with van der Waals surface area (Å²) in [5.74, 6) is 2.18. The fraction of sp³-hybridized carbons (Fsp3) is 0.318. The van der Waals surface area contributed by atoms with Gasteiger partial charge >= 0.3 is 0 Å². The lowest BCUT2D eigenvalue weighted by molar-refractivity contribution is 0.153. The maximum absolute atomic E-state index is 6.16. The molecule has 3 aromatic rings. The number of pyridine rings is 1. The maximum Gasteiger partial charge on any atom is 0.218 e. The van der Waals surface area contributed by atoms with Crippen molar-refractivity contribution in [3.8, 4) is 17.4 Å². The van der Waals surface area contributed by atoms with Crippen LogP contribution in [0.2, 0.25) is 0 Å². The molecule has 1 atom stereocenters. The lowest BCUT2D eigenvalue weighted by Crippen LogP contribution is -2.30. The number of methoxy groups -OCH3 is 2. The predicted octanol–water partition coefficient (Wildman–Crippen LogP) is 4.04. The summed E-state index contributed by atoms with van der Waals surface area (Å²) < 4.78 is 17.2. The van der Waals surface area contributed by atoms with E-state index < -0.39 is 0 Å². The first-order chi connectivity index (χ1) is 13.2. The molecule has 5 heteroatoms. The largest absolute Gasteiger partial charge is 0.496 e. The van der Waals surface area contributed by atoms with Crippen LogP contribution in [0.1, 0.15) is 18.1 Å². The molecule has 0 aliphatic carbocycles. The molecular weight excluding hydrogens is 340 g/mol. The highest BCUT2D eigenvalue weighted by atomic mass is 16.5. The van der Waals surface area contributed by atoms with E-state index in [0.717, 1.165) is 47.6 Å². The van der Waals surface area contributed by atoms with Gasteiger partial charge in [-0.2, -0.15) is 0 Å². The molecule has 5 nitrogen and oxygen atoms in total. The molecule has 1 aromatic heterocycles. The standard InChI is InChI=1S/C22H24N2O3/c1-15-12-24(13-16-7-5-4-6-8-16)14-17-11-18-19(25-2)9-10-20(26-3)21(18)23-22(17)27-15/h4-11,15H,12-14H2,1-3H3/t15-/m0/s1. The highest BCUT2D eigenvalue weighted by Gasteiger charge is 2.23. The number of hydrogen-bond acceptors (Lipinski definition) is 5. The van der Waals surface area contributed by atoms with Crippen LogP contribution >= 0.6 is 0 Å². The Morgan fingerprint density at radius 2 is 1.81 bits per heavy atom. The smallest absolute Gasteiger partial charge is 0.218 e. The first-order valence-electron chi connectivity index (χ1n) is 9.15. The Morgan fingerprint density at radius 1 is 1.07 bits per heavy atom. The van der Waals surface area contributed by atoms with Gasteiger partial charge < -0.3 is 14.2 Å². The summed E-state index contributed by atoms with van der Waals surface area (Å²) in [6.45, 7) is 4.58. The van der Waals surface area contributed by atoms with Gasteiger partial charge in [0, 0.05) is 30.6 Å². The number of aromatic nitrogens is 1. The number of rotatable bonds is 4. The Kier molecular flexibility index (Phi) is 4.86. The minimum atomic E-state index is 0.0523. The van der Waals surface area contributed by atoms with Crippen molar-refractivity contribution < 1.29 is 14.2 Å². The Hall–Kier alpha value is -2.79. The van der Waals surface area contributed by atoms with Gasteiger partial charge in [-0.15, -0.1) is 0 Å². The summed E-state index contributed by atoms with van der Waals surface area (Å²) in [4.78, 5) is 7.19. The SMILES string of the molecule is COc1ccc(OC)c2nc3c(cc12)CN(Cc1ccccc1)C[C@H](C)O3. The topological polar surface area (TPSA) is 43.8 Å². The average Bonchev–Trinajstić information content (AvgIpc) is 2.83. The van der Waals surface area contributed by atoms with Crippen molar-refractivity contribution in [1.82, 2.24) is 9.88 Å². The molecule has 4 rings (SSSR count). The van der Waals surface area contributed by atoms with E-state index in [0.29, 0.717) is 5.88 Å².